The third kappa shape index (κ3) is 3.58. The van der Waals surface area contributed by atoms with Crippen LogP contribution in [-0.4, -0.2) is 34.9 Å². The van der Waals surface area contributed by atoms with Crippen molar-refractivity contribution in [3.8, 4) is 0 Å². The fraction of sp³-hybridized carbons (Fsp3) is 0.240. The maximum absolute atomic E-state index is 13.3. The van der Waals surface area contributed by atoms with Gasteiger partial charge in [-0.25, -0.2) is 0 Å². The molecule has 2 aromatic heterocycles. The molecule has 0 aliphatic carbocycles. The average molecular weight is 446 g/mol. The van der Waals surface area contributed by atoms with E-state index in [4.69, 9.17) is 0 Å². The van der Waals surface area contributed by atoms with Gasteiger partial charge in [0.05, 0.1) is 16.5 Å². The number of hydrogen-bond acceptors (Lipinski definition) is 6. The van der Waals surface area contributed by atoms with Gasteiger partial charge in [0.1, 0.15) is 0 Å². The number of aromatic nitrogens is 1. The van der Waals surface area contributed by atoms with Gasteiger partial charge in [0.15, 0.2) is 5.76 Å². The van der Waals surface area contributed by atoms with Gasteiger partial charge in [-0.15, -0.1) is 11.3 Å². The normalized spacial score (nSPS) is 19.0. The van der Waals surface area contributed by atoms with Crippen LogP contribution >= 0.6 is 11.3 Å². The smallest absolute Gasteiger partial charge is 0.294 e. The number of anilines is 2. The lowest BCUT2D eigenvalue weighted by molar-refractivity contribution is -0.117. The van der Waals surface area contributed by atoms with Gasteiger partial charge >= 0.3 is 0 Å². The highest BCUT2D eigenvalue weighted by Crippen LogP contribution is 2.42. The van der Waals surface area contributed by atoms with Crippen molar-refractivity contribution < 1.29 is 14.7 Å². The van der Waals surface area contributed by atoms with Crippen molar-refractivity contribution in [1.29, 1.82) is 0 Å². The highest BCUT2D eigenvalue weighted by Gasteiger charge is 2.44. The molecule has 0 spiro atoms. The Morgan fingerprint density at radius 1 is 0.969 bits per heavy atom. The van der Waals surface area contributed by atoms with E-state index in [0.29, 0.717) is 10.6 Å². The van der Waals surface area contributed by atoms with Gasteiger partial charge in [-0.2, -0.15) is 0 Å². The zero-order chi connectivity index (χ0) is 22.1. The lowest BCUT2D eigenvalue weighted by Gasteiger charge is -2.30. The third-order valence-electron chi connectivity index (χ3n) is 6.07. The number of rotatable bonds is 5. The molecule has 1 unspecified atom stereocenters. The molecule has 6 nitrogen and oxygen atoms in total. The number of carbonyl (C=O) groups excluding carboxylic acids is 2. The van der Waals surface area contributed by atoms with Gasteiger partial charge in [-0.1, -0.05) is 6.07 Å². The lowest BCUT2D eigenvalue weighted by Crippen LogP contribution is -2.31. The monoisotopic (exact) mass is 445 g/mol. The summed E-state index contributed by atoms with van der Waals surface area (Å²) in [5.74, 6) is -1.40. The van der Waals surface area contributed by atoms with Crippen LogP contribution in [-0.2, 0) is 4.79 Å². The summed E-state index contributed by atoms with van der Waals surface area (Å²) in [6.45, 7) is 2.06. The van der Waals surface area contributed by atoms with E-state index in [0.717, 1.165) is 24.3 Å². The molecule has 1 fully saturated rings. The summed E-state index contributed by atoms with van der Waals surface area (Å²) in [6.07, 6.45) is 6.88. The van der Waals surface area contributed by atoms with E-state index in [1.165, 1.54) is 35.5 Å². The molecular weight excluding hydrogens is 422 g/mol. The Labute approximate surface area is 190 Å². The molecule has 1 N–H and O–H groups in total. The first-order valence-electron chi connectivity index (χ1n) is 10.7. The average Bonchev–Trinajstić information content (AvgIpc) is 3.47. The fourth-order valence-corrected chi connectivity index (χ4v) is 5.16. The predicted octanol–water partition coefficient (Wildman–Crippen LogP) is 4.92. The molecule has 7 heteroatoms. The molecule has 5 rings (SSSR count). The van der Waals surface area contributed by atoms with Crippen LogP contribution in [0.5, 0.6) is 0 Å². The SMILES string of the molecule is O=C(C1=C(O)C(=O)N(c2ccc(N3CCCCC3)cc2)C1c1ccncc1)c1cccs1. The van der Waals surface area contributed by atoms with Crippen LogP contribution in [0.4, 0.5) is 11.4 Å². The Hall–Kier alpha value is -3.45. The third-order valence-corrected chi connectivity index (χ3v) is 6.94. The van der Waals surface area contributed by atoms with Gasteiger partial charge in [-0.05, 0) is 72.7 Å². The molecule has 162 valence electrons. The first kappa shape index (κ1) is 20.5. The summed E-state index contributed by atoms with van der Waals surface area (Å²) in [6, 6.07) is 14.1. The minimum absolute atomic E-state index is 0.101. The van der Waals surface area contributed by atoms with Crippen LogP contribution in [0.3, 0.4) is 0 Å². The number of benzene rings is 1. The van der Waals surface area contributed by atoms with Crippen molar-refractivity contribution in [1.82, 2.24) is 4.98 Å². The largest absolute Gasteiger partial charge is 0.503 e. The van der Waals surface area contributed by atoms with Crippen molar-refractivity contribution >= 4 is 34.4 Å². The molecule has 0 radical (unpaired) electrons. The second-order valence-corrected chi connectivity index (χ2v) is 8.94. The number of nitrogens with zero attached hydrogens (tertiary/aromatic N) is 3. The van der Waals surface area contributed by atoms with Crippen LogP contribution in [0.25, 0.3) is 0 Å². The summed E-state index contributed by atoms with van der Waals surface area (Å²) in [4.78, 5) is 34.9. The summed E-state index contributed by atoms with van der Waals surface area (Å²) >= 11 is 1.29. The zero-order valence-electron chi connectivity index (χ0n) is 17.5. The molecular formula is C25H23N3O3S. The standard InChI is InChI=1S/C25H23N3O3S/c29-23(20-5-4-16-32-20)21-22(17-10-12-26-13-11-17)28(25(31)24(21)30)19-8-6-18(7-9-19)27-14-2-1-3-15-27/h4-13,16,22,30H,1-3,14-15H2. The molecule has 1 aromatic carbocycles. The number of pyridine rings is 1. The first-order valence-corrected chi connectivity index (χ1v) is 11.6. The van der Waals surface area contributed by atoms with E-state index in [2.05, 4.69) is 9.88 Å². The van der Waals surface area contributed by atoms with Gasteiger partial charge in [0.25, 0.3) is 5.91 Å². The summed E-state index contributed by atoms with van der Waals surface area (Å²) < 4.78 is 0. The Balaban J connectivity index is 1.54. The Morgan fingerprint density at radius 3 is 2.31 bits per heavy atom. The lowest BCUT2D eigenvalue weighted by atomic mass is 9.96. The number of amides is 1. The Morgan fingerprint density at radius 2 is 1.66 bits per heavy atom. The quantitative estimate of drug-likeness (QED) is 0.565. The van der Waals surface area contributed by atoms with E-state index in [-0.39, 0.29) is 11.4 Å². The Kier molecular flexibility index (Phi) is 5.49. The van der Waals surface area contributed by atoms with E-state index >= 15 is 0 Å². The topological polar surface area (TPSA) is 73.7 Å². The van der Waals surface area contributed by atoms with Crippen LogP contribution in [0.2, 0.25) is 0 Å². The van der Waals surface area contributed by atoms with Crippen molar-refractivity contribution in [2.45, 2.75) is 25.3 Å². The molecule has 3 aromatic rings. The number of aliphatic hydroxyl groups is 1. The molecule has 0 bridgehead atoms. The van der Waals surface area contributed by atoms with Gasteiger partial charge < -0.3 is 10.0 Å². The van der Waals surface area contributed by atoms with E-state index in [1.54, 1.807) is 42.0 Å². The van der Waals surface area contributed by atoms with Crippen molar-refractivity contribution in [2.24, 2.45) is 0 Å². The van der Waals surface area contributed by atoms with Gasteiger partial charge in [0.2, 0.25) is 5.78 Å². The van der Waals surface area contributed by atoms with Crippen molar-refractivity contribution in [3.05, 3.63) is 88.1 Å². The maximum Gasteiger partial charge on any atom is 0.294 e. The number of thiophene rings is 1. The number of piperidine rings is 1. The highest BCUT2D eigenvalue weighted by atomic mass is 32.1. The summed E-state index contributed by atoms with van der Waals surface area (Å²) in [5, 5.41) is 12.6. The number of hydrogen-bond donors (Lipinski definition) is 1. The summed E-state index contributed by atoms with van der Waals surface area (Å²) in [5.41, 5.74) is 2.58. The number of carbonyl (C=O) groups is 2. The maximum atomic E-state index is 13.3. The minimum Gasteiger partial charge on any atom is -0.503 e. The van der Waals surface area contributed by atoms with Crippen LogP contribution < -0.4 is 9.80 Å². The molecule has 2 aliphatic heterocycles. The molecule has 1 amide bonds. The molecule has 0 saturated carbocycles. The van der Waals surface area contributed by atoms with E-state index in [1.807, 2.05) is 24.3 Å². The minimum atomic E-state index is -0.721. The Bertz CT molecular complexity index is 1150. The van der Waals surface area contributed by atoms with Crippen LogP contribution in [0.15, 0.2) is 77.6 Å². The second kappa shape index (κ2) is 8.59. The second-order valence-electron chi connectivity index (χ2n) is 7.99. The number of ketones is 1. The molecule has 32 heavy (non-hydrogen) atoms. The molecule has 4 heterocycles. The molecule has 2 aliphatic rings. The number of Topliss-reactive ketones (excluding diaryl/α,β-unsaturated/α-hetero) is 1. The summed E-state index contributed by atoms with van der Waals surface area (Å²) in [7, 11) is 0. The molecule has 1 saturated heterocycles. The first-order chi connectivity index (χ1) is 15.6. The van der Waals surface area contributed by atoms with Gasteiger partial charge in [-0.3, -0.25) is 19.5 Å². The van der Waals surface area contributed by atoms with Crippen LogP contribution in [0, 0.1) is 0 Å². The molecule has 1 atom stereocenters. The van der Waals surface area contributed by atoms with Crippen molar-refractivity contribution in [3.63, 3.8) is 0 Å². The highest BCUT2D eigenvalue weighted by molar-refractivity contribution is 7.12. The number of aliphatic hydroxyl groups excluding tert-OH is 1. The van der Waals surface area contributed by atoms with Crippen LogP contribution in [0.1, 0.15) is 40.5 Å². The van der Waals surface area contributed by atoms with Gasteiger partial charge in [0, 0.05) is 36.9 Å². The fourth-order valence-electron chi connectivity index (χ4n) is 4.48. The van der Waals surface area contributed by atoms with Crippen molar-refractivity contribution in [2.75, 3.05) is 22.9 Å². The predicted molar refractivity (Wildman–Crippen MR) is 125 cm³/mol. The van der Waals surface area contributed by atoms with E-state index < -0.39 is 17.7 Å². The zero-order valence-corrected chi connectivity index (χ0v) is 18.3. The van der Waals surface area contributed by atoms with E-state index in [9.17, 15) is 14.7 Å².